The summed E-state index contributed by atoms with van der Waals surface area (Å²) in [5, 5.41) is 2.66. The maximum Gasteiger partial charge on any atom is 0.251 e. The van der Waals surface area contributed by atoms with Gasteiger partial charge in [-0.3, -0.25) is 9.69 Å². The number of furan rings is 1. The molecule has 0 radical (unpaired) electrons. The Morgan fingerprint density at radius 2 is 1.92 bits per heavy atom. The highest BCUT2D eigenvalue weighted by molar-refractivity contribution is 5.93. The molecule has 2 aromatic rings. The zero-order valence-corrected chi connectivity index (χ0v) is 14.9. The predicted molar refractivity (Wildman–Crippen MR) is 98.3 cm³/mol. The van der Waals surface area contributed by atoms with Crippen molar-refractivity contribution in [2.75, 3.05) is 33.2 Å². The second-order valence-electron chi connectivity index (χ2n) is 6.61. The van der Waals surface area contributed by atoms with E-state index in [4.69, 9.17) is 4.42 Å². The Morgan fingerprint density at radius 1 is 1.16 bits per heavy atom. The Kier molecular flexibility index (Phi) is 6.25. The predicted octanol–water partition coefficient (Wildman–Crippen LogP) is 2.74. The van der Waals surface area contributed by atoms with E-state index in [-0.39, 0.29) is 5.91 Å². The SMILES string of the molecule is CNC(=O)c1ccc(CN(CCN2CCCC2)Cc2ccco2)cc1. The molecule has 1 aliphatic rings. The summed E-state index contributed by atoms with van der Waals surface area (Å²) >= 11 is 0. The smallest absolute Gasteiger partial charge is 0.251 e. The van der Waals surface area contributed by atoms with Gasteiger partial charge in [-0.1, -0.05) is 12.1 Å². The fourth-order valence-electron chi connectivity index (χ4n) is 3.29. The standard InChI is InChI=1S/C20H27N3O2/c1-21-20(24)18-8-6-17(7-9-18)15-23(16-19-5-4-14-25-19)13-12-22-10-2-3-11-22/h4-9,14H,2-3,10-13,15-16H2,1H3,(H,21,24). The number of benzene rings is 1. The number of amides is 1. The summed E-state index contributed by atoms with van der Waals surface area (Å²) in [5.41, 5.74) is 1.90. The molecule has 134 valence electrons. The molecule has 3 rings (SSSR count). The van der Waals surface area contributed by atoms with Crippen molar-refractivity contribution >= 4 is 5.91 Å². The number of hydrogen-bond donors (Lipinski definition) is 1. The third kappa shape index (κ3) is 5.18. The van der Waals surface area contributed by atoms with Crippen molar-refractivity contribution in [2.45, 2.75) is 25.9 Å². The van der Waals surface area contributed by atoms with Crippen LogP contribution in [-0.2, 0) is 13.1 Å². The average Bonchev–Trinajstić information content (AvgIpc) is 3.33. The second-order valence-corrected chi connectivity index (χ2v) is 6.61. The Bertz CT molecular complexity index is 646. The molecule has 1 fully saturated rings. The van der Waals surface area contributed by atoms with E-state index < -0.39 is 0 Å². The van der Waals surface area contributed by atoms with Gasteiger partial charge in [0.25, 0.3) is 5.91 Å². The number of nitrogens with zero attached hydrogens (tertiary/aromatic N) is 2. The van der Waals surface area contributed by atoms with E-state index in [2.05, 4.69) is 15.1 Å². The fraction of sp³-hybridized carbons (Fsp3) is 0.450. The molecule has 1 saturated heterocycles. The quantitative estimate of drug-likeness (QED) is 0.802. The Hall–Kier alpha value is -2.11. The molecule has 0 atom stereocenters. The molecule has 0 aliphatic carbocycles. The largest absolute Gasteiger partial charge is 0.468 e. The monoisotopic (exact) mass is 341 g/mol. The zero-order valence-electron chi connectivity index (χ0n) is 14.9. The highest BCUT2D eigenvalue weighted by atomic mass is 16.3. The molecule has 1 amide bonds. The maximum absolute atomic E-state index is 11.7. The highest BCUT2D eigenvalue weighted by Gasteiger charge is 2.15. The first kappa shape index (κ1) is 17.7. The molecule has 25 heavy (non-hydrogen) atoms. The number of nitrogens with one attached hydrogen (secondary N) is 1. The van der Waals surface area contributed by atoms with Gasteiger partial charge in [0.1, 0.15) is 5.76 Å². The Morgan fingerprint density at radius 3 is 2.56 bits per heavy atom. The van der Waals surface area contributed by atoms with E-state index in [9.17, 15) is 4.79 Å². The topological polar surface area (TPSA) is 48.7 Å². The van der Waals surface area contributed by atoms with E-state index in [0.717, 1.165) is 31.9 Å². The number of carbonyl (C=O) groups is 1. The van der Waals surface area contributed by atoms with Gasteiger partial charge in [-0.25, -0.2) is 0 Å². The lowest BCUT2D eigenvalue weighted by atomic mass is 10.1. The molecule has 1 N–H and O–H groups in total. The molecule has 0 unspecified atom stereocenters. The minimum atomic E-state index is -0.0481. The van der Waals surface area contributed by atoms with Crippen molar-refractivity contribution < 1.29 is 9.21 Å². The maximum atomic E-state index is 11.7. The zero-order chi connectivity index (χ0) is 17.5. The lowest BCUT2D eigenvalue weighted by Gasteiger charge is -2.24. The van der Waals surface area contributed by atoms with E-state index in [1.165, 1.54) is 31.5 Å². The van der Waals surface area contributed by atoms with Crippen LogP contribution >= 0.6 is 0 Å². The number of hydrogen-bond acceptors (Lipinski definition) is 4. The van der Waals surface area contributed by atoms with Gasteiger partial charge in [-0.05, 0) is 55.8 Å². The Labute approximate surface area is 149 Å². The van der Waals surface area contributed by atoms with Gasteiger partial charge in [-0.2, -0.15) is 0 Å². The van der Waals surface area contributed by atoms with Crippen LogP contribution < -0.4 is 5.32 Å². The van der Waals surface area contributed by atoms with Crippen LogP contribution in [0.3, 0.4) is 0 Å². The van der Waals surface area contributed by atoms with Gasteiger partial charge in [0.15, 0.2) is 0 Å². The summed E-state index contributed by atoms with van der Waals surface area (Å²) in [6, 6.07) is 11.8. The minimum absolute atomic E-state index is 0.0481. The number of likely N-dealkylation sites (tertiary alicyclic amines) is 1. The first-order valence-corrected chi connectivity index (χ1v) is 9.03. The normalized spacial score (nSPS) is 15.0. The first-order valence-electron chi connectivity index (χ1n) is 9.03. The third-order valence-corrected chi connectivity index (χ3v) is 4.74. The second kappa shape index (κ2) is 8.83. The van der Waals surface area contributed by atoms with Crippen LogP contribution in [0.1, 0.15) is 34.5 Å². The Balaban J connectivity index is 1.62. The van der Waals surface area contributed by atoms with Crippen molar-refractivity contribution in [1.29, 1.82) is 0 Å². The van der Waals surface area contributed by atoms with Crippen LogP contribution in [-0.4, -0.2) is 48.9 Å². The van der Waals surface area contributed by atoms with Crippen molar-refractivity contribution in [1.82, 2.24) is 15.1 Å². The molecule has 1 aromatic carbocycles. The van der Waals surface area contributed by atoms with Crippen molar-refractivity contribution in [3.05, 3.63) is 59.5 Å². The van der Waals surface area contributed by atoms with E-state index in [0.29, 0.717) is 5.56 Å². The van der Waals surface area contributed by atoms with Gasteiger partial charge >= 0.3 is 0 Å². The lowest BCUT2D eigenvalue weighted by molar-refractivity contribution is 0.0963. The van der Waals surface area contributed by atoms with E-state index in [1.54, 1.807) is 13.3 Å². The summed E-state index contributed by atoms with van der Waals surface area (Å²) in [5.74, 6) is 0.941. The molecular weight excluding hydrogens is 314 g/mol. The van der Waals surface area contributed by atoms with Crippen molar-refractivity contribution in [3.8, 4) is 0 Å². The van der Waals surface area contributed by atoms with Crippen LogP contribution in [0.2, 0.25) is 0 Å². The summed E-state index contributed by atoms with van der Waals surface area (Å²) in [4.78, 5) is 16.6. The van der Waals surface area contributed by atoms with Crippen molar-refractivity contribution in [3.63, 3.8) is 0 Å². The van der Waals surface area contributed by atoms with Gasteiger partial charge in [0, 0.05) is 32.2 Å². The van der Waals surface area contributed by atoms with E-state index >= 15 is 0 Å². The summed E-state index contributed by atoms with van der Waals surface area (Å²) in [7, 11) is 1.65. The van der Waals surface area contributed by atoms with Gasteiger partial charge in [0.2, 0.25) is 0 Å². The number of rotatable bonds is 8. The van der Waals surface area contributed by atoms with Crippen LogP contribution in [0, 0.1) is 0 Å². The van der Waals surface area contributed by atoms with Gasteiger partial charge < -0.3 is 14.6 Å². The van der Waals surface area contributed by atoms with Crippen LogP contribution in [0.5, 0.6) is 0 Å². The minimum Gasteiger partial charge on any atom is -0.468 e. The van der Waals surface area contributed by atoms with Crippen LogP contribution in [0.15, 0.2) is 47.1 Å². The number of carbonyl (C=O) groups excluding carboxylic acids is 1. The lowest BCUT2D eigenvalue weighted by Crippen LogP contribution is -2.33. The molecule has 5 nitrogen and oxygen atoms in total. The molecular formula is C20H27N3O2. The average molecular weight is 341 g/mol. The molecule has 1 aromatic heterocycles. The summed E-state index contributed by atoms with van der Waals surface area (Å²) in [6.07, 6.45) is 4.37. The fourth-order valence-corrected chi connectivity index (χ4v) is 3.29. The molecule has 0 saturated carbocycles. The molecule has 0 spiro atoms. The van der Waals surface area contributed by atoms with Gasteiger partial charge in [0.05, 0.1) is 12.8 Å². The van der Waals surface area contributed by atoms with Crippen LogP contribution in [0.25, 0.3) is 0 Å². The molecule has 1 aliphatic heterocycles. The van der Waals surface area contributed by atoms with Crippen LogP contribution in [0.4, 0.5) is 0 Å². The summed E-state index contributed by atoms with van der Waals surface area (Å²) < 4.78 is 5.53. The highest BCUT2D eigenvalue weighted by Crippen LogP contribution is 2.13. The van der Waals surface area contributed by atoms with Gasteiger partial charge in [-0.15, -0.1) is 0 Å². The van der Waals surface area contributed by atoms with E-state index in [1.807, 2.05) is 36.4 Å². The molecule has 0 bridgehead atoms. The van der Waals surface area contributed by atoms with Crippen molar-refractivity contribution in [2.24, 2.45) is 0 Å². The summed E-state index contributed by atoms with van der Waals surface area (Å²) in [6.45, 7) is 6.19. The third-order valence-electron chi connectivity index (χ3n) is 4.74. The first-order chi connectivity index (χ1) is 12.2. The molecule has 2 heterocycles. The molecule has 5 heteroatoms.